The van der Waals surface area contributed by atoms with Crippen molar-refractivity contribution < 1.29 is 9.50 Å². The van der Waals surface area contributed by atoms with Crippen molar-refractivity contribution in [3.63, 3.8) is 0 Å². The molecule has 1 heterocycles. The highest BCUT2D eigenvalue weighted by molar-refractivity contribution is 5.84. The van der Waals surface area contributed by atoms with E-state index >= 15 is 0 Å². The smallest absolute Gasteiger partial charge is 0.148 e. The van der Waals surface area contributed by atoms with Gasteiger partial charge in [0.05, 0.1) is 6.10 Å². The van der Waals surface area contributed by atoms with E-state index in [-0.39, 0.29) is 5.82 Å². The molecule has 3 rings (SSSR count). The van der Waals surface area contributed by atoms with Gasteiger partial charge in [-0.1, -0.05) is 18.6 Å². The summed E-state index contributed by atoms with van der Waals surface area (Å²) in [6.45, 7) is 0.481. The Bertz CT molecular complexity index is 548. The van der Waals surface area contributed by atoms with Gasteiger partial charge in [0.1, 0.15) is 5.82 Å². The quantitative estimate of drug-likeness (QED) is 0.778. The molecule has 0 unspecified atom stereocenters. The second-order valence-corrected chi connectivity index (χ2v) is 4.96. The fourth-order valence-corrected chi connectivity index (χ4v) is 2.45. The summed E-state index contributed by atoms with van der Waals surface area (Å²) in [4.78, 5) is 2.86. The van der Waals surface area contributed by atoms with Crippen LogP contribution < -0.4 is 5.32 Å². The predicted octanol–water partition coefficient (Wildman–Crippen LogP) is 2.48. The van der Waals surface area contributed by atoms with Crippen molar-refractivity contribution in [1.82, 2.24) is 10.3 Å². The van der Waals surface area contributed by atoms with Gasteiger partial charge < -0.3 is 15.4 Å². The van der Waals surface area contributed by atoms with Crippen LogP contribution in [0.2, 0.25) is 0 Å². The third kappa shape index (κ3) is 2.02. The van der Waals surface area contributed by atoms with Gasteiger partial charge in [0.15, 0.2) is 0 Å². The van der Waals surface area contributed by atoms with Gasteiger partial charge in [0.2, 0.25) is 0 Å². The summed E-state index contributed by atoms with van der Waals surface area (Å²) in [5.74, 6) is -0.303. The maximum absolute atomic E-state index is 13.7. The minimum atomic E-state index is -0.667. The lowest BCUT2D eigenvalue weighted by Gasteiger charge is -2.27. The molecular formula is C14H17FN2O. The second kappa shape index (κ2) is 4.71. The number of fused-ring (bicyclic) bond motifs is 1. The van der Waals surface area contributed by atoms with Crippen molar-refractivity contribution in [1.29, 1.82) is 0 Å². The number of aromatic nitrogens is 1. The Morgan fingerprint density at radius 1 is 1.44 bits per heavy atom. The van der Waals surface area contributed by atoms with Crippen LogP contribution in [0.1, 0.15) is 30.9 Å². The summed E-state index contributed by atoms with van der Waals surface area (Å²) in [5.41, 5.74) is 1.38. The lowest BCUT2D eigenvalue weighted by molar-refractivity contribution is 0.162. The highest BCUT2D eigenvalue weighted by atomic mass is 19.1. The minimum absolute atomic E-state index is 0.303. The van der Waals surface area contributed by atoms with Crippen LogP contribution in [0.25, 0.3) is 10.9 Å². The first kappa shape index (κ1) is 11.7. The maximum atomic E-state index is 13.7. The molecule has 1 saturated carbocycles. The van der Waals surface area contributed by atoms with Crippen LogP contribution in [0.5, 0.6) is 0 Å². The largest absolute Gasteiger partial charge is 0.387 e. The molecule has 4 heteroatoms. The first-order valence-corrected chi connectivity index (χ1v) is 6.42. The van der Waals surface area contributed by atoms with Crippen molar-refractivity contribution in [3.05, 3.63) is 35.8 Å². The number of halogens is 1. The van der Waals surface area contributed by atoms with Crippen LogP contribution in [0, 0.1) is 5.82 Å². The number of hydrogen-bond acceptors (Lipinski definition) is 2. The average molecular weight is 248 g/mol. The Kier molecular flexibility index (Phi) is 3.06. The third-order valence-electron chi connectivity index (χ3n) is 3.75. The molecular weight excluding hydrogens is 231 g/mol. The highest BCUT2D eigenvalue weighted by Gasteiger charge is 2.20. The summed E-state index contributed by atoms with van der Waals surface area (Å²) in [6.07, 6.45) is 4.28. The summed E-state index contributed by atoms with van der Waals surface area (Å²) in [7, 11) is 0. The maximum Gasteiger partial charge on any atom is 0.148 e. The van der Waals surface area contributed by atoms with Gasteiger partial charge in [0, 0.05) is 29.7 Å². The van der Waals surface area contributed by atoms with Crippen LogP contribution >= 0.6 is 0 Å². The van der Waals surface area contributed by atoms with Crippen LogP contribution in [0.15, 0.2) is 24.4 Å². The molecule has 1 aliphatic rings. The van der Waals surface area contributed by atoms with Gasteiger partial charge in [-0.15, -0.1) is 0 Å². The van der Waals surface area contributed by atoms with E-state index in [2.05, 4.69) is 10.3 Å². The van der Waals surface area contributed by atoms with Crippen LogP contribution in [0.3, 0.4) is 0 Å². The van der Waals surface area contributed by atoms with E-state index in [4.69, 9.17) is 0 Å². The number of rotatable bonds is 4. The molecule has 1 fully saturated rings. The number of aliphatic hydroxyl groups is 1. The van der Waals surface area contributed by atoms with Gasteiger partial charge >= 0.3 is 0 Å². The zero-order valence-corrected chi connectivity index (χ0v) is 10.1. The fraction of sp³-hybridized carbons (Fsp3) is 0.429. The summed E-state index contributed by atoms with van der Waals surface area (Å²) >= 11 is 0. The first-order chi connectivity index (χ1) is 8.75. The molecule has 0 saturated heterocycles. The monoisotopic (exact) mass is 248 g/mol. The number of H-pyrrole nitrogens is 1. The summed E-state index contributed by atoms with van der Waals surface area (Å²) in [5, 5.41) is 14.0. The predicted molar refractivity (Wildman–Crippen MR) is 68.9 cm³/mol. The van der Waals surface area contributed by atoms with Gasteiger partial charge in [-0.3, -0.25) is 0 Å². The fourth-order valence-electron chi connectivity index (χ4n) is 2.45. The zero-order chi connectivity index (χ0) is 12.5. The van der Waals surface area contributed by atoms with E-state index in [9.17, 15) is 9.50 Å². The first-order valence-electron chi connectivity index (χ1n) is 6.42. The van der Waals surface area contributed by atoms with Crippen LogP contribution in [-0.4, -0.2) is 22.7 Å². The minimum Gasteiger partial charge on any atom is -0.387 e. The van der Waals surface area contributed by atoms with Crippen molar-refractivity contribution in [3.8, 4) is 0 Å². The molecule has 0 spiro atoms. The van der Waals surface area contributed by atoms with E-state index in [0.29, 0.717) is 23.5 Å². The van der Waals surface area contributed by atoms with Gasteiger partial charge in [-0.05, 0) is 24.5 Å². The Labute approximate surface area is 105 Å². The van der Waals surface area contributed by atoms with Gasteiger partial charge in [-0.25, -0.2) is 4.39 Å². The summed E-state index contributed by atoms with van der Waals surface area (Å²) in [6, 6.07) is 5.95. The lowest BCUT2D eigenvalue weighted by Crippen LogP contribution is -2.37. The molecule has 3 N–H and O–H groups in total. The molecule has 1 aliphatic carbocycles. The summed E-state index contributed by atoms with van der Waals surface area (Å²) < 4.78 is 13.7. The second-order valence-electron chi connectivity index (χ2n) is 4.96. The number of aromatic amines is 1. The van der Waals surface area contributed by atoms with Crippen molar-refractivity contribution >= 4 is 10.9 Å². The highest BCUT2D eigenvalue weighted by Crippen LogP contribution is 2.27. The molecule has 0 amide bonds. The number of aliphatic hydroxyl groups excluding tert-OH is 1. The lowest BCUT2D eigenvalue weighted by atomic mass is 9.93. The molecule has 18 heavy (non-hydrogen) atoms. The topological polar surface area (TPSA) is 48.0 Å². The van der Waals surface area contributed by atoms with Crippen LogP contribution in [-0.2, 0) is 0 Å². The molecule has 1 aromatic heterocycles. The van der Waals surface area contributed by atoms with E-state index in [1.165, 1.54) is 25.5 Å². The number of nitrogens with one attached hydrogen (secondary N) is 2. The molecule has 2 aromatic rings. The third-order valence-corrected chi connectivity index (χ3v) is 3.75. The van der Waals surface area contributed by atoms with Crippen molar-refractivity contribution in [2.75, 3.05) is 6.54 Å². The molecule has 0 radical (unpaired) electrons. The molecule has 96 valence electrons. The van der Waals surface area contributed by atoms with Gasteiger partial charge in [-0.2, -0.15) is 0 Å². The van der Waals surface area contributed by atoms with Crippen molar-refractivity contribution in [2.45, 2.75) is 31.4 Å². The standard InChI is InChI=1S/C14H17FN2O/c15-11-7-17-12-6-2-5-10(14(11)12)13(18)8-16-9-3-1-4-9/h2,5-7,9,13,16-18H,1,3-4,8H2/t13-/m0/s1. The van der Waals surface area contributed by atoms with Gasteiger partial charge in [0.25, 0.3) is 0 Å². The van der Waals surface area contributed by atoms with E-state index in [1.54, 1.807) is 6.07 Å². The molecule has 1 aromatic carbocycles. The molecule has 0 aliphatic heterocycles. The number of benzene rings is 1. The normalized spacial score (nSPS) is 17.9. The van der Waals surface area contributed by atoms with E-state index in [1.807, 2.05) is 12.1 Å². The zero-order valence-electron chi connectivity index (χ0n) is 10.1. The Hall–Kier alpha value is -1.39. The number of hydrogen-bond donors (Lipinski definition) is 3. The average Bonchev–Trinajstić information content (AvgIpc) is 2.69. The molecule has 0 bridgehead atoms. The Morgan fingerprint density at radius 2 is 2.28 bits per heavy atom. The van der Waals surface area contributed by atoms with Crippen LogP contribution in [0.4, 0.5) is 4.39 Å². The van der Waals surface area contributed by atoms with E-state index < -0.39 is 6.10 Å². The Morgan fingerprint density at radius 3 is 3.00 bits per heavy atom. The SMILES string of the molecule is O[C@@H](CNC1CCC1)c1cccc2[nH]cc(F)c12. The van der Waals surface area contributed by atoms with E-state index in [0.717, 1.165) is 5.52 Å². The van der Waals surface area contributed by atoms with Crippen molar-refractivity contribution in [2.24, 2.45) is 0 Å². The molecule has 3 nitrogen and oxygen atoms in total. The molecule has 1 atom stereocenters. The Balaban J connectivity index is 1.81.